The molecule has 2 aromatic rings. The molecule has 0 radical (unpaired) electrons. The van der Waals surface area contributed by atoms with Crippen molar-refractivity contribution in [3.05, 3.63) is 41.2 Å². The maximum atomic E-state index is 5.47. The summed E-state index contributed by atoms with van der Waals surface area (Å²) in [7, 11) is 1.70. The average molecular weight is 281 g/mol. The van der Waals surface area contributed by atoms with Gasteiger partial charge in [-0.05, 0) is 25.0 Å². The van der Waals surface area contributed by atoms with E-state index in [4.69, 9.17) is 14.7 Å². The van der Waals surface area contributed by atoms with Gasteiger partial charge < -0.3 is 10.1 Å². The number of benzene rings is 1. The van der Waals surface area contributed by atoms with Gasteiger partial charge in [-0.1, -0.05) is 12.1 Å². The molecule has 1 N–H and O–H groups in total. The standard InChI is InChI=1S/C17H19N3O/c1-21-15-5-3-2-4-12(15)17-19-14-8-9-18-10-13(14)16(20-17)11-6-7-11/h2-5,11,18H,6-10H2,1H3. The van der Waals surface area contributed by atoms with Gasteiger partial charge in [-0.25, -0.2) is 9.97 Å². The molecule has 21 heavy (non-hydrogen) atoms. The van der Waals surface area contributed by atoms with E-state index in [0.29, 0.717) is 5.92 Å². The first kappa shape index (κ1) is 12.8. The summed E-state index contributed by atoms with van der Waals surface area (Å²) in [5.41, 5.74) is 4.80. The topological polar surface area (TPSA) is 47.0 Å². The molecule has 1 saturated carbocycles. The fourth-order valence-corrected chi connectivity index (χ4v) is 3.01. The zero-order valence-corrected chi connectivity index (χ0v) is 12.2. The van der Waals surface area contributed by atoms with Gasteiger partial charge >= 0.3 is 0 Å². The number of nitrogens with one attached hydrogen (secondary N) is 1. The Morgan fingerprint density at radius 3 is 2.86 bits per heavy atom. The van der Waals surface area contributed by atoms with Gasteiger partial charge in [0.15, 0.2) is 5.82 Å². The Bertz CT molecular complexity index is 680. The van der Waals surface area contributed by atoms with Crippen molar-refractivity contribution in [1.29, 1.82) is 0 Å². The normalized spacial score (nSPS) is 17.4. The fourth-order valence-electron chi connectivity index (χ4n) is 3.01. The highest BCUT2D eigenvalue weighted by Crippen LogP contribution is 2.42. The number of aromatic nitrogens is 2. The van der Waals surface area contributed by atoms with Crippen molar-refractivity contribution >= 4 is 0 Å². The van der Waals surface area contributed by atoms with E-state index in [1.165, 1.54) is 29.8 Å². The lowest BCUT2D eigenvalue weighted by atomic mass is 10.0. The summed E-state index contributed by atoms with van der Waals surface area (Å²) in [5, 5.41) is 3.44. The largest absolute Gasteiger partial charge is 0.496 e. The third kappa shape index (κ3) is 2.29. The molecule has 1 aliphatic heterocycles. The second-order valence-electron chi connectivity index (χ2n) is 5.76. The van der Waals surface area contributed by atoms with Gasteiger partial charge in [0.05, 0.1) is 24.1 Å². The van der Waals surface area contributed by atoms with Crippen molar-refractivity contribution in [2.24, 2.45) is 0 Å². The molecule has 0 bridgehead atoms. The molecule has 1 fully saturated rings. The number of hydrogen-bond donors (Lipinski definition) is 1. The van der Waals surface area contributed by atoms with Crippen molar-refractivity contribution in [1.82, 2.24) is 15.3 Å². The van der Waals surface area contributed by atoms with Crippen LogP contribution in [0.3, 0.4) is 0 Å². The lowest BCUT2D eigenvalue weighted by molar-refractivity contribution is 0.416. The van der Waals surface area contributed by atoms with E-state index < -0.39 is 0 Å². The molecule has 1 aliphatic carbocycles. The Morgan fingerprint density at radius 2 is 2.05 bits per heavy atom. The molecule has 4 heteroatoms. The van der Waals surface area contributed by atoms with Crippen LogP contribution in [0.4, 0.5) is 0 Å². The molecule has 4 rings (SSSR count). The molecule has 0 amide bonds. The molecule has 2 aliphatic rings. The van der Waals surface area contributed by atoms with Crippen molar-refractivity contribution in [2.45, 2.75) is 31.7 Å². The molecule has 4 nitrogen and oxygen atoms in total. The smallest absolute Gasteiger partial charge is 0.163 e. The Balaban J connectivity index is 1.87. The Labute approximate surface area is 124 Å². The quantitative estimate of drug-likeness (QED) is 0.939. The van der Waals surface area contributed by atoms with Gasteiger partial charge in [-0.15, -0.1) is 0 Å². The van der Waals surface area contributed by atoms with Crippen LogP contribution >= 0.6 is 0 Å². The summed E-state index contributed by atoms with van der Waals surface area (Å²) in [6.45, 7) is 1.91. The van der Waals surface area contributed by atoms with E-state index in [1.54, 1.807) is 7.11 Å². The maximum absolute atomic E-state index is 5.47. The first-order chi connectivity index (χ1) is 10.4. The van der Waals surface area contributed by atoms with Gasteiger partial charge in [0.2, 0.25) is 0 Å². The predicted molar refractivity (Wildman–Crippen MR) is 81.4 cm³/mol. The minimum atomic E-state index is 0.634. The van der Waals surface area contributed by atoms with Gasteiger partial charge in [0.1, 0.15) is 5.75 Å². The van der Waals surface area contributed by atoms with Crippen LogP contribution in [0.1, 0.15) is 35.7 Å². The SMILES string of the molecule is COc1ccccc1-c1nc2c(c(C3CC3)n1)CNCC2. The Kier molecular flexibility index (Phi) is 3.11. The van der Waals surface area contributed by atoms with Crippen LogP contribution in [0, 0.1) is 0 Å². The predicted octanol–water partition coefficient (Wildman–Crippen LogP) is 2.68. The fraction of sp³-hybridized carbons (Fsp3) is 0.412. The zero-order valence-electron chi connectivity index (χ0n) is 12.2. The number of methoxy groups -OCH3 is 1. The third-order valence-electron chi connectivity index (χ3n) is 4.28. The van der Waals surface area contributed by atoms with Crippen LogP contribution in [0.2, 0.25) is 0 Å². The summed E-state index contributed by atoms with van der Waals surface area (Å²) < 4.78 is 5.47. The van der Waals surface area contributed by atoms with E-state index in [9.17, 15) is 0 Å². The molecule has 1 aromatic heterocycles. The van der Waals surface area contributed by atoms with Crippen molar-refractivity contribution in [2.75, 3.05) is 13.7 Å². The minimum Gasteiger partial charge on any atom is -0.496 e. The molecule has 0 unspecified atom stereocenters. The van der Waals surface area contributed by atoms with Crippen LogP contribution in [0.15, 0.2) is 24.3 Å². The van der Waals surface area contributed by atoms with Crippen LogP contribution in [0.25, 0.3) is 11.4 Å². The molecule has 1 aromatic carbocycles. The van der Waals surface area contributed by atoms with E-state index in [1.807, 2.05) is 24.3 Å². The average Bonchev–Trinajstić information content (AvgIpc) is 3.38. The molecule has 108 valence electrons. The van der Waals surface area contributed by atoms with E-state index >= 15 is 0 Å². The maximum Gasteiger partial charge on any atom is 0.163 e. The number of hydrogen-bond acceptors (Lipinski definition) is 4. The van der Waals surface area contributed by atoms with Crippen LogP contribution in [-0.2, 0) is 13.0 Å². The third-order valence-corrected chi connectivity index (χ3v) is 4.28. The summed E-state index contributed by atoms with van der Waals surface area (Å²) in [6.07, 6.45) is 3.50. The summed E-state index contributed by atoms with van der Waals surface area (Å²) >= 11 is 0. The van der Waals surface area contributed by atoms with Crippen molar-refractivity contribution < 1.29 is 4.74 Å². The monoisotopic (exact) mass is 281 g/mol. The molecular formula is C17H19N3O. The highest BCUT2D eigenvalue weighted by molar-refractivity contribution is 5.64. The first-order valence-electron chi connectivity index (χ1n) is 7.60. The number of para-hydroxylation sites is 1. The molecular weight excluding hydrogens is 262 g/mol. The van der Waals surface area contributed by atoms with E-state index in [0.717, 1.165) is 36.6 Å². The van der Waals surface area contributed by atoms with E-state index in [-0.39, 0.29) is 0 Å². The van der Waals surface area contributed by atoms with Gasteiger partial charge in [0, 0.05) is 31.0 Å². The lowest BCUT2D eigenvalue weighted by Crippen LogP contribution is -2.26. The number of rotatable bonds is 3. The molecule has 0 saturated heterocycles. The van der Waals surface area contributed by atoms with Crippen LogP contribution < -0.4 is 10.1 Å². The second kappa shape index (κ2) is 5.11. The zero-order chi connectivity index (χ0) is 14.2. The number of ether oxygens (including phenoxy) is 1. The van der Waals surface area contributed by atoms with Crippen molar-refractivity contribution in [3.63, 3.8) is 0 Å². The van der Waals surface area contributed by atoms with Crippen LogP contribution in [-0.4, -0.2) is 23.6 Å². The minimum absolute atomic E-state index is 0.634. The molecule has 0 spiro atoms. The van der Waals surface area contributed by atoms with Gasteiger partial charge in [0.25, 0.3) is 0 Å². The first-order valence-corrected chi connectivity index (χ1v) is 7.60. The highest BCUT2D eigenvalue weighted by atomic mass is 16.5. The second-order valence-corrected chi connectivity index (χ2v) is 5.76. The summed E-state index contributed by atoms with van der Waals surface area (Å²) in [6, 6.07) is 8.00. The summed E-state index contributed by atoms with van der Waals surface area (Å²) in [5.74, 6) is 2.29. The molecule has 0 atom stereocenters. The van der Waals surface area contributed by atoms with E-state index in [2.05, 4.69) is 5.32 Å². The highest BCUT2D eigenvalue weighted by Gasteiger charge is 2.31. The Morgan fingerprint density at radius 1 is 1.19 bits per heavy atom. The Hall–Kier alpha value is -1.94. The van der Waals surface area contributed by atoms with Gasteiger partial charge in [-0.3, -0.25) is 0 Å². The van der Waals surface area contributed by atoms with Crippen LogP contribution in [0.5, 0.6) is 5.75 Å². The number of nitrogens with zero attached hydrogens (tertiary/aromatic N) is 2. The summed E-state index contributed by atoms with van der Waals surface area (Å²) in [4.78, 5) is 9.73. The van der Waals surface area contributed by atoms with Crippen molar-refractivity contribution in [3.8, 4) is 17.1 Å². The molecule has 2 heterocycles. The lowest BCUT2D eigenvalue weighted by Gasteiger charge is -2.20. The van der Waals surface area contributed by atoms with Gasteiger partial charge in [-0.2, -0.15) is 0 Å². The number of fused-ring (bicyclic) bond motifs is 1.